The minimum absolute atomic E-state index is 0.914. The Labute approximate surface area is 380 Å². The van der Waals surface area contributed by atoms with Crippen molar-refractivity contribution >= 4 is 93.3 Å². The molecule has 4 heteroatoms. The SMILES string of the molecule is c1ccc(C2=[N+](c3cc4ccccc4cc3-n3c4ccc(-n5c6ccccc6c6ccc7ccccc7c65)cc4c4cc5ccccc5cc43)C(c3ccc(-c4ccccc4)cc3)=N2)cc1. The molecule has 1 aliphatic heterocycles. The van der Waals surface area contributed by atoms with Gasteiger partial charge in [0.2, 0.25) is 0 Å². The number of hydrogen-bond donors (Lipinski definition) is 0. The third-order valence-electron chi connectivity index (χ3n) is 13.7. The van der Waals surface area contributed by atoms with Crippen molar-refractivity contribution in [3.8, 4) is 22.5 Å². The molecule has 11 aromatic carbocycles. The van der Waals surface area contributed by atoms with Crippen molar-refractivity contribution in [3.63, 3.8) is 0 Å². The fourth-order valence-corrected chi connectivity index (χ4v) is 10.6. The molecule has 0 radical (unpaired) electrons. The first-order chi connectivity index (χ1) is 32.7. The van der Waals surface area contributed by atoms with Gasteiger partial charge in [-0.2, -0.15) is 4.58 Å². The van der Waals surface area contributed by atoms with Gasteiger partial charge in [0.15, 0.2) is 0 Å². The summed E-state index contributed by atoms with van der Waals surface area (Å²) in [5, 5.41) is 12.1. The Hall–Kier alpha value is -8.86. The van der Waals surface area contributed by atoms with Crippen LogP contribution in [0.15, 0.2) is 242 Å². The Morgan fingerprint density at radius 2 is 0.879 bits per heavy atom. The highest BCUT2D eigenvalue weighted by molar-refractivity contribution is 6.20. The summed E-state index contributed by atoms with van der Waals surface area (Å²) in [5.41, 5.74) is 12.5. The quantitative estimate of drug-likeness (QED) is 0.149. The van der Waals surface area contributed by atoms with E-state index in [-0.39, 0.29) is 0 Å². The largest absolute Gasteiger partial charge is 0.309 e. The van der Waals surface area contributed by atoms with Gasteiger partial charge >= 0.3 is 0 Å². The first kappa shape index (κ1) is 36.6. The standard InChI is InChI=1S/C62H39N4/c1-3-15-40(16-4-1)41-27-29-44(30-28-41)62-63-61(43-18-5-2-6-19-43)66(62)59-38-48-23-10-9-22-47(48)37-58(59)65-56-34-32-49(39-54(56)53-35-45-20-7-8-21-46(45)36-57(53)65)64-55-26-14-13-25-51(55)52-33-31-42-17-11-12-24-50(42)60(52)64/h1-39H/q+1. The molecule has 66 heavy (non-hydrogen) atoms. The number of benzene rings is 11. The lowest BCUT2D eigenvalue weighted by molar-refractivity contribution is -0.318. The zero-order chi connectivity index (χ0) is 43.3. The van der Waals surface area contributed by atoms with E-state index < -0.39 is 0 Å². The average molecular weight is 840 g/mol. The zero-order valence-electron chi connectivity index (χ0n) is 35.8. The van der Waals surface area contributed by atoms with Crippen molar-refractivity contribution in [1.82, 2.24) is 9.13 Å². The maximum Gasteiger partial charge on any atom is 0.279 e. The predicted octanol–water partition coefficient (Wildman–Crippen LogP) is 15.6. The molecule has 13 aromatic rings. The summed E-state index contributed by atoms with van der Waals surface area (Å²) < 4.78 is 7.36. The molecule has 0 saturated carbocycles. The molecule has 0 saturated heterocycles. The summed E-state index contributed by atoms with van der Waals surface area (Å²) in [7, 11) is 0. The van der Waals surface area contributed by atoms with Gasteiger partial charge in [-0.25, -0.2) is 0 Å². The van der Waals surface area contributed by atoms with Gasteiger partial charge in [0.05, 0.1) is 38.9 Å². The molecule has 306 valence electrons. The molecular weight excluding hydrogens is 801 g/mol. The highest BCUT2D eigenvalue weighted by Gasteiger charge is 2.35. The van der Waals surface area contributed by atoms with E-state index in [0.29, 0.717) is 0 Å². The van der Waals surface area contributed by atoms with E-state index in [2.05, 4.69) is 250 Å². The number of para-hydroxylation sites is 1. The summed E-state index contributed by atoms with van der Waals surface area (Å²) in [5.74, 6) is 1.83. The molecule has 14 rings (SSSR count). The monoisotopic (exact) mass is 839 g/mol. The molecule has 0 aliphatic carbocycles. The fraction of sp³-hybridized carbons (Fsp3) is 0. The predicted molar refractivity (Wildman–Crippen MR) is 277 cm³/mol. The normalized spacial score (nSPS) is 12.9. The van der Waals surface area contributed by atoms with Gasteiger partial charge in [0.1, 0.15) is 5.69 Å². The maximum atomic E-state index is 5.35. The molecule has 0 amide bonds. The third kappa shape index (κ3) is 5.52. The van der Waals surface area contributed by atoms with Crippen LogP contribution in [0.5, 0.6) is 0 Å². The Balaban J connectivity index is 1.05. The van der Waals surface area contributed by atoms with Gasteiger partial charge in [-0.15, -0.1) is 0 Å². The Kier molecular flexibility index (Phi) is 7.95. The third-order valence-corrected chi connectivity index (χ3v) is 13.7. The molecule has 0 spiro atoms. The van der Waals surface area contributed by atoms with Gasteiger partial charge < -0.3 is 9.13 Å². The van der Waals surface area contributed by atoms with E-state index in [1.165, 1.54) is 76.0 Å². The maximum absolute atomic E-state index is 5.35. The summed E-state index contributed by atoms with van der Waals surface area (Å²) in [6.07, 6.45) is 0. The molecule has 4 nitrogen and oxygen atoms in total. The van der Waals surface area contributed by atoms with Crippen LogP contribution in [0.4, 0.5) is 5.69 Å². The van der Waals surface area contributed by atoms with Gasteiger partial charge in [0, 0.05) is 32.6 Å². The Bertz CT molecular complexity index is 4190. The van der Waals surface area contributed by atoms with Crippen LogP contribution in [0.2, 0.25) is 0 Å². The van der Waals surface area contributed by atoms with E-state index in [1.807, 2.05) is 0 Å². The number of nitrogens with zero attached hydrogens (tertiary/aromatic N) is 4. The van der Waals surface area contributed by atoms with Crippen molar-refractivity contribution in [1.29, 1.82) is 0 Å². The van der Waals surface area contributed by atoms with Crippen LogP contribution >= 0.6 is 0 Å². The minimum atomic E-state index is 0.914. The number of aromatic nitrogens is 2. The lowest BCUT2D eigenvalue weighted by Gasteiger charge is -2.23. The first-order valence-electron chi connectivity index (χ1n) is 22.6. The van der Waals surface area contributed by atoms with E-state index in [0.717, 1.165) is 50.9 Å². The summed E-state index contributed by atoms with van der Waals surface area (Å²) >= 11 is 0. The van der Waals surface area contributed by atoms with E-state index >= 15 is 0 Å². The second-order valence-electron chi connectivity index (χ2n) is 17.4. The molecule has 0 bridgehead atoms. The Morgan fingerprint density at radius 3 is 1.64 bits per heavy atom. The first-order valence-corrected chi connectivity index (χ1v) is 22.6. The van der Waals surface area contributed by atoms with Crippen LogP contribution in [0.3, 0.4) is 0 Å². The summed E-state index contributed by atoms with van der Waals surface area (Å²) in [6, 6.07) is 86.2. The van der Waals surface area contributed by atoms with Gasteiger partial charge in [-0.1, -0.05) is 169 Å². The lowest BCUT2D eigenvalue weighted by Crippen LogP contribution is -2.35. The van der Waals surface area contributed by atoms with Gasteiger partial charge in [-0.05, 0) is 111 Å². The molecule has 1 aliphatic rings. The number of hydrogen-bond acceptors (Lipinski definition) is 1. The average Bonchev–Trinajstić information content (AvgIpc) is 3.88. The molecule has 0 N–H and O–H groups in total. The topological polar surface area (TPSA) is 25.2 Å². The second kappa shape index (κ2) is 14.3. The van der Waals surface area contributed by atoms with Crippen molar-refractivity contribution in [2.75, 3.05) is 0 Å². The van der Waals surface area contributed by atoms with Crippen molar-refractivity contribution in [2.45, 2.75) is 0 Å². The Morgan fingerprint density at radius 1 is 0.318 bits per heavy atom. The van der Waals surface area contributed by atoms with Crippen LogP contribution in [0, 0.1) is 0 Å². The molecule has 0 atom stereocenters. The minimum Gasteiger partial charge on any atom is -0.309 e. The van der Waals surface area contributed by atoms with Crippen LogP contribution in [0.25, 0.3) is 98.4 Å². The molecule has 0 fully saturated rings. The molecular formula is C62H39N4+. The van der Waals surface area contributed by atoms with Crippen molar-refractivity contribution in [3.05, 3.63) is 248 Å². The zero-order valence-corrected chi connectivity index (χ0v) is 35.8. The highest BCUT2D eigenvalue weighted by Crippen LogP contribution is 2.43. The summed E-state index contributed by atoms with van der Waals surface area (Å²) in [6.45, 7) is 0. The van der Waals surface area contributed by atoms with E-state index in [4.69, 9.17) is 4.99 Å². The highest BCUT2D eigenvalue weighted by atomic mass is 15.3. The van der Waals surface area contributed by atoms with Crippen LogP contribution in [-0.4, -0.2) is 25.4 Å². The fourth-order valence-electron chi connectivity index (χ4n) is 10.6. The summed E-state index contributed by atoms with van der Waals surface area (Å²) in [4.78, 5) is 5.35. The molecule has 2 aromatic heterocycles. The van der Waals surface area contributed by atoms with E-state index in [9.17, 15) is 0 Å². The van der Waals surface area contributed by atoms with Gasteiger partial charge in [-0.3, -0.25) is 0 Å². The molecule has 3 heterocycles. The van der Waals surface area contributed by atoms with E-state index in [1.54, 1.807) is 0 Å². The lowest BCUT2D eigenvalue weighted by atomic mass is 10.0. The van der Waals surface area contributed by atoms with Crippen molar-refractivity contribution < 1.29 is 4.58 Å². The van der Waals surface area contributed by atoms with Crippen molar-refractivity contribution in [2.24, 2.45) is 4.99 Å². The van der Waals surface area contributed by atoms with Crippen LogP contribution < -0.4 is 0 Å². The smallest absolute Gasteiger partial charge is 0.279 e. The number of aliphatic imine (C=N–C) groups is 1. The molecule has 0 unspecified atom stereocenters. The second-order valence-corrected chi connectivity index (χ2v) is 17.4. The van der Waals surface area contributed by atoms with Crippen LogP contribution in [-0.2, 0) is 0 Å². The van der Waals surface area contributed by atoms with Gasteiger partial charge in [0.25, 0.3) is 11.7 Å². The number of fused-ring (bicyclic) bond motifs is 10. The van der Waals surface area contributed by atoms with Crippen LogP contribution in [0.1, 0.15) is 11.1 Å². The number of rotatable bonds is 6. The number of amidine groups is 2.